The highest BCUT2D eigenvalue weighted by Gasteiger charge is 2.46. The summed E-state index contributed by atoms with van der Waals surface area (Å²) in [5.41, 5.74) is 1.89. The first-order valence-corrected chi connectivity index (χ1v) is 12.7. The zero-order valence-electron chi connectivity index (χ0n) is 20.9. The van der Waals surface area contributed by atoms with Gasteiger partial charge in [0.15, 0.2) is 0 Å². The molecule has 0 aromatic heterocycles. The Morgan fingerprint density at radius 3 is 2.09 bits per heavy atom. The number of hydrogen-bond donors (Lipinski definition) is 1. The Bertz CT molecular complexity index is 1240. The lowest BCUT2D eigenvalue weighted by Crippen LogP contribution is -2.32. The van der Waals surface area contributed by atoms with Crippen molar-refractivity contribution in [3.63, 3.8) is 0 Å². The summed E-state index contributed by atoms with van der Waals surface area (Å²) in [7, 11) is 0.705. The molecule has 1 fully saturated rings. The molecule has 3 rings (SSSR count). The summed E-state index contributed by atoms with van der Waals surface area (Å²) < 4.78 is 31.0. The molecule has 1 atom stereocenters. The zero-order chi connectivity index (χ0) is 26.1. The number of likely N-dealkylation sites (tertiary alicyclic amines) is 1. The Labute approximate surface area is 206 Å². The number of hydrogen-bond acceptors (Lipinski definition) is 6. The number of carbonyl (C=O) groups excluding carboxylic acids is 2. The summed E-state index contributed by atoms with van der Waals surface area (Å²) in [4.78, 5) is 27.4. The van der Waals surface area contributed by atoms with E-state index >= 15 is 0 Å². The van der Waals surface area contributed by atoms with Gasteiger partial charge in [-0.25, -0.2) is 12.7 Å². The van der Waals surface area contributed by atoms with E-state index in [0.717, 1.165) is 9.87 Å². The van der Waals surface area contributed by atoms with Crippen LogP contribution < -0.4 is 0 Å². The van der Waals surface area contributed by atoms with Crippen LogP contribution in [0.4, 0.5) is 0 Å². The highest BCUT2D eigenvalue weighted by molar-refractivity contribution is 7.89. The number of aliphatic hydroxyl groups is 1. The standard InChI is InChI=1S/C26H32N2O6S/c1-26(2,3)19-11-7-17(8-12-19)22-21(24(30)25(31)28(22)15-16-34-6)23(29)18-9-13-20(14-10-18)35(32,33)27(4)5/h7-14,22,29H,15-16H2,1-6H3/t22-/m0/s1. The molecule has 0 unspecified atom stereocenters. The number of carbonyl (C=O) groups is 2. The van der Waals surface area contributed by atoms with Gasteiger partial charge in [-0.2, -0.15) is 0 Å². The Morgan fingerprint density at radius 1 is 1.03 bits per heavy atom. The summed E-state index contributed by atoms with van der Waals surface area (Å²) in [5.74, 6) is -1.88. The number of ketones is 1. The van der Waals surface area contributed by atoms with Crippen LogP contribution in [0.1, 0.15) is 43.5 Å². The van der Waals surface area contributed by atoms with Gasteiger partial charge in [-0.3, -0.25) is 9.59 Å². The van der Waals surface area contributed by atoms with Gasteiger partial charge in [0.05, 0.1) is 23.1 Å². The topological polar surface area (TPSA) is 104 Å². The van der Waals surface area contributed by atoms with E-state index in [2.05, 4.69) is 20.8 Å². The van der Waals surface area contributed by atoms with E-state index < -0.39 is 27.8 Å². The number of Topliss-reactive ketones (excluding diaryl/α,β-unsaturated/α-hetero) is 1. The van der Waals surface area contributed by atoms with Gasteiger partial charge in [-0.15, -0.1) is 0 Å². The molecule has 9 heteroatoms. The fourth-order valence-electron chi connectivity index (χ4n) is 3.96. The smallest absolute Gasteiger partial charge is 0.295 e. The lowest BCUT2D eigenvalue weighted by Gasteiger charge is -2.26. The van der Waals surface area contributed by atoms with Gasteiger partial charge in [-0.05, 0) is 40.8 Å². The van der Waals surface area contributed by atoms with E-state index in [1.54, 1.807) is 0 Å². The number of aliphatic hydroxyl groups excluding tert-OH is 1. The third-order valence-corrected chi connectivity index (χ3v) is 7.90. The van der Waals surface area contributed by atoms with Gasteiger partial charge >= 0.3 is 0 Å². The predicted molar refractivity (Wildman–Crippen MR) is 133 cm³/mol. The molecular formula is C26H32N2O6S. The molecule has 2 aromatic rings. The molecule has 0 spiro atoms. The second-order valence-electron chi connectivity index (χ2n) is 9.67. The number of benzene rings is 2. The highest BCUT2D eigenvalue weighted by Crippen LogP contribution is 2.40. The van der Waals surface area contributed by atoms with E-state index in [1.165, 1.54) is 50.4 Å². The number of sulfonamides is 1. The molecule has 1 aliphatic rings. The SMILES string of the molecule is COCCN1C(=O)C(=O)C(=C(O)c2ccc(S(=O)(=O)N(C)C)cc2)[C@@H]1c1ccc(C(C)(C)C)cc1. The normalized spacial score (nSPS) is 18.5. The number of rotatable bonds is 7. The van der Waals surface area contributed by atoms with Gasteiger partial charge in [0.25, 0.3) is 11.7 Å². The molecule has 8 nitrogen and oxygen atoms in total. The fraction of sp³-hybridized carbons (Fsp3) is 0.385. The molecule has 0 bridgehead atoms. The fourth-order valence-corrected chi connectivity index (χ4v) is 4.86. The Morgan fingerprint density at radius 2 is 1.60 bits per heavy atom. The third kappa shape index (κ3) is 5.17. The Hall–Kier alpha value is -3.01. The number of ether oxygens (including phenoxy) is 1. The summed E-state index contributed by atoms with van der Waals surface area (Å²) in [5, 5.41) is 11.2. The third-order valence-electron chi connectivity index (χ3n) is 6.08. The first kappa shape index (κ1) is 26.6. The number of methoxy groups -OCH3 is 1. The van der Waals surface area contributed by atoms with Gasteiger partial charge in [-0.1, -0.05) is 45.0 Å². The second kappa shape index (κ2) is 9.93. The van der Waals surface area contributed by atoms with Gasteiger partial charge in [0.1, 0.15) is 5.76 Å². The zero-order valence-corrected chi connectivity index (χ0v) is 21.7. The quantitative estimate of drug-likeness (QED) is 0.355. The van der Waals surface area contributed by atoms with Crippen molar-refractivity contribution >= 4 is 27.5 Å². The molecule has 35 heavy (non-hydrogen) atoms. The molecule has 0 radical (unpaired) electrons. The first-order chi connectivity index (χ1) is 16.3. The van der Waals surface area contributed by atoms with Crippen LogP contribution in [0.2, 0.25) is 0 Å². The molecule has 1 heterocycles. The maximum atomic E-state index is 13.1. The average molecular weight is 501 g/mol. The molecule has 1 N–H and O–H groups in total. The van der Waals surface area contributed by atoms with Gasteiger partial charge in [0, 0.05) is 33.3 Å². The van der Waals surface area contributed by atoms with Crippen molar-refractivity contribution in [2.45, 2.75) is 37.1 Å². The second-order valence-corrected chi connectivity index (χ2v) is 11.8. The lowest BCUT2D eigenvalue weighted by atomic mass is 9.85. The van der Waals surface area contributed by atoms with E-state index in [-0.39, 0.29) is 40.4 Å². The minimum Gasteiger partial charge on any atom is -0.507 e. The van der Waals surface area contributed by atoms with Crippen LogP contribution in [0.25, 0.3) is 5.76 Å². The maximum Gasteiger partial charge on any atom is 0.295 e. The first-order valence-electron chi connectivity index (χ1n) is 11.2. The van der Waals surface area contributed by atoms with Crippen molar-refractivity contribution in [2.75, 3.05) is 34.4 Å². The summed E-state index contributed by atoms with van der Waals surface area (Å²) in [6.07, 6.45) is 0. The summed E-state index contributed by atoms with van der Waals surface area (Å²) in [6, 6.07) is 12.4. The number of amides is 1. The van der Waals surface area contributed by atoms with E-state index in [9.17, 15) is 23.1 Å². The van der Waals surface area contributed by atoms with Crippen molar-refractivity contribution in [2.24, 2.45) is 0 Å². The van der Waals surface area contributed by atoms with E-state index in [4.69, 9.17) is 4.74 Å². The van der Waals surface area contributed by atoms with Crippen molar-refractivity contribution in [3.8, 4) is 0 Å². The van der Waals surface area contributed by atoms with Crippen LogP contribution in [0, 0.1) is 0 Å². The van der Waals surface area contributed by atoms with E-state index in [1.807, 2.05) is 24.3 Å². The Kier molecular flexibility index (Phi) is 7.54. The predicted octanol–water partition coefficient (Wildman–Crippen LogP) is 3.30. The Balaban J connectivity index is 2.12. The van der Waals surface area contributed by atoms with Crippen molar-refractivity contribution in [1.29, 1.82) is 0 Å². The van der Waals surface area contributed by atoms with Crippen LogP contribution in [0.15, 0.2) is 59.0 Å². The average Bonchev–Trinajstić information content (AvgIpc) is 3.06. The highest BCUT2D eigenvalue weighted by atomic mass is 32.2. The summed E-state index contributed by atoms with van der Waals surface area (Å²) >= 11 is 0. The van der Waals surface area contributed by atoms with Crippen molar-refractivity contribution in [3.05, 3.63) is 70.8 Å². The van der Waals surface area contributed by atoms with Crippen LogP contribution in [0.3, 0.4) is 0 Å². The minimum absolute atomic E-state index is 0.0437. The van der Waals surface area contributed by atoms with E-state index in [0.29, 0.717) is 5.56 Å². The lowest BCUT2D eigenvalue weighted by molar-refractivity contribution is -0.140. The van der Waals surface area contributed by atoms with Crippen molar-refractivity contribution in [1.82, 2.24) is 9.21 Å². The van der Waals surface area contributed by atoms with Gasteiger partial charge < -0.3 is 14.7 Å². The molecule has 1 aliphatic heterocycles. The summed E-state index contributed by atoms with van der Waals surface area (Å²) in [6.45, 7) is 6.66. The monoisotopic (exact) mass is 500 g/mol. The molecule has 0 saturated carbocycles. The minimum atomic E-state index is -3.65. The molecule has 2 aromatic carbocycles. The maximum absolute atomic E-state index is 13.1. The molecule has 1 amide bonds. The van der Waals surface area contributed by atoms with Gasteiger partial charge in [0.2, 0.25) is 10.0 Å². The molecule has 1 saturated heterocycles. The molecule has 0 aliphatic carbocycles. The molecular weight excluding hydrogens is 468 g/mol. The van der Waals surface area contributed by atoms with Crippen LogP contribution in [0.5, 0.6) is 0 Å². The number of nitrogens with zero attached hydrogens (tertiary/aromatic N) is 2. The van der Waals surface area contributed by atoms with Crippen LogP contribution >= 0.6 is 0 Å². The van der Waals surface area contributed by atoms with Crippen LogP contribution in [-0.2, 0) is 29.8 Å². The molecule has 188 valence electrons. The van der Waals surface area contributed by atoms with Crippen LogP contribution in [-0.4, -0.2) is 68.8 Å². The van der Waals surface area contributed by atoms with Crippen molar-refractivity contribution < 1.29 is 27.9 Å². The largest absolute Gasteiger partial charge is 0.507 e.